The van der Waals surface area contributed by atoms with Gasteiger partial charge in [0.25, 0.3) is 0 Å². The smallest absolute Gasteiger partial charge is 0.451 e. The molecule has 0 aromatic rings. The Bertz CT molecular complexity index is 380. The highest BCUT2D eigenvalue weighted by Crippen LogP contribution is 2.37. The number of carbonyl (C=O) groups is 2. The van der Waals surface area contributed by atoms with Crippen LogP contribution in [0.25, 0.3) is 0 Å². The van der Waals surface area contributed by atoms with E-state index in [1.165, 1.54) is 0 Å². The Hall–Kier alpha value is -1.16. The Morgan fingerprint density at radius 1 is 1.27 bits per heavy atom. The van der Waals surface area contributed by atoms with Crippen molar-refractivity contribution in [3.63, 3.8) is 0 Å². The standard InChI is InChI=1S/C10H19N3O.C3H7BO4/c1-6(11)10(14)13-4-7-2-9(12)3-8(7)5-13;5-3(6)1-2-4(7)8/h6-9H,2-5,11-12H2,1H3;7-8H,1-2H2,(H,5,6)/t6?,7-,8+,9?;. The molecule has 0 aromatic carbocycles. The average molecular weight is 315 g/mol. The number of likely N-dealkylation sites (tertiary alicyclic amines) is 1. The molecule has 8 nitrogen and oxygen atoms in total. The first-order valence-electron chi connectivity index (χ1n) is 7.58. The minimum atomic E-state index is -1.49. The van der Waals surface area contributed by atoms with Gasteiger partial charge in [0.15, 0.2) is 0 Å². The maximum atomic E-state index is 11.6. The largest absolute Gasteiger partial charge is 0.481 e. The van der Waals surface area contributed by atoms with Crippen molar-refractivity contribution in [3.05, 3.63) is 0 Å². The lowest BCUT2D eigenvalue weighted by Gasteiger charge is -2.20. The van der Waals surface area contributed by atoms with Gasteiger partial charge in [-0.05, 0) is 37.9 Å². The van der Waals surface area contributed by atoms with Gasteiger partial charge < -0.3 is 31.5 Å². The van der Waals surface area contributed by atoms with E-state index in [0.717, 1.165) is 25.9 Å². The monoisotopic (exact) mass is 315 g/mol. The van der Waals surface area contributed by atoms with Crippen LogP contribution in [0.3, 0.4) is 0 Å². The van der Waals surface area contributed by atoms with E-state index in [2.05, 4.69) is 0 Å². The highest BCUT2D eigenvalue weighted by molar-refractivity contribution is 6.41. The van der Waals surface area contributed by atoms with Crippen LogP contribution in [-0.2, 0) is 9.59 Å². The number of aliphatic carboxylic acids is 1. The van der Waals surface area contributed by atoms with Crippen molar-refractivity contribution in [3.8, 4) is 0 Å². The second kappa shape index (κ2) is 8.47. The van der Waals surface area contributed by atoms with Gasteiger partial charge in [-0.25, -0.2) is 0 Å². The lowest BCUT2D eigenvalue weighted by molar-refractivity contribution is -0.136. The van der Waals surface area contributed by atoms with Crippen molar-refractivity contribution in [2.75, 3.05) is 13.1 Å². The molecule has 2 rings (SSSR count). The van der Waals surface area contributed by atoms with Crippen molar-refractivity contribution in [1.29, 1.82) is 0 Å². The summed E-state index contributed by atoms with van der Waals surface area (Å²) in [7, 11) is -1.49. The summed E-state index contributed by atoms with van der Waals surface area (Å²) in [5.41, 5.74) is 11.5. The maximum absolute atomic E-state index is 11.6. The Labute approximate surface area is 130 Å². The first-order valence-corrected chi connectivity index (χ1v) is 7.58. The van der Waals surface area contributed by atoms with Crippen LogP contribution < -0.4 is 11.5 Å². The van der Waals surface area contributed by atoms with Gasteiger partial charge in [-0.3, -0.25) is 9.59 Å². The number of fused-ring (bicyclic) bond motifs is 1. The number of hydrogen-bond acceptors (Lipinski definition) is 6. The molecular weight excluding hydrogens is 289 g/mol. The summed E-state index contributed by atoms with van der Waals surface area (Å²) in [6, 6.07) is 0.0000482. The fourth-order valence-corrected chi connectivity index (χ4v) is 3.07. The van der Waals surface area contributed by atoms with Gasteiger partial charge in [0.2, 0.25) is 5.91 Å². The second-order valence-electron chi connectivity index (χ2n) is 6.20. The van der Waals surface area contributed by atoms with Gasteiger partial charge in [-0.2, -0.15) is 0 Å². The molecule has 1 saturated heterocycles. The summed E-state index contributed by atoms with van der Waals surface area (Å²) in [4.78, 5) is 23.2. The van der Waals surface area contributed by atoms with Crippen molar-refractivity contribution in [1.82, 2.24) is 4.90 Å². The molecular formula is C13H26BN3O5. The number of carbonyl (C=O) groups excluding carboxylic acids is 1. The third kappa shape index (κ3) is 5.92. The number of carboxylic acid groups (broad SMARTS) is 1. The summed E-state index contributed by atoms with van der Waals surface area (Å²) >= 11 is 0. The predicted octanol–water partition coefficient (Wildman–Crippen LogP) is -1.54. The third-order valence-electron chi connectivity index (χ3n) is 4.11. The Morgan fingerprint density at radius 2 is 1.77 bits per heavy atom. The number of amides is 1. The van der Waals surface area contributed by atoms with Gasteiger partial charge in [0.1, 0.15) is 0 Å². The zero-order valence-corrected chi connectivity index (χ0v) is 12.9. The average Bonchev–Trinajstić information content (AvgIpc) is 2.93. The Morgan fingerprint density at radius 3 is 2.09 bits per heavy atom. The number of rotatable bonds is 4. The SMILES string of the molecule is CC(N)C(=O)N1C[C@H]2CC(N)C[C@H]2C1.O=C(O)CCB(O)O. The van der Waals surface area contributed by atoms with Crippen molar-refractivity contribution in [2.45, 2.75) is 44.6 Å². The van der Waals surface area contributed by atoms with Crippen LogP contribution in [0.15, 0.2) is 0 Å². The van der Waals surface area contributed by atoms with Crippen LogP contribution in [0.2, 0.25) is 6.32 Å². The Balaban J connectivity index is 0.000000261. The molecule has 9 heteroatoms. The van der Waals surface area contributed by atoms with E-state index in [9.17, 15) is 9.59 Å². The third-order valence-corrected chi connectivity index (χ3v) is 4.11. The minimum absolute atomic E-state index is 0.0907. The molecule has 1 saturated carbocycles. The van der Waals surface area contributed by atoms with Gasteiger partial charge >= 0.3 is 13.1 Å². The number of nitrogens with zero attached hydrogens (tertiary/aromatic N) is 1. The van der Waals surface area contributed by atoms with E-state index in [-0.39, 0.29) is 24.7 Å². The van der Waals surface area contributed by atoms with E-state index in [4.69, 9.17) is 26.6 Å². The van der Waals surface area contributed by atoms with E-state index < -0.39 is 13.1 Å². The summed E-state index contributed by atoms with van der Waals surface area (Å²) < 4.78 is 0. The molecule has 1 aliphatic carbocycles. The molecule has 0 aromatic heterocycles. The van der Waals surface area contributed by atoms with Crippen LogP contribution in [-0.4, -0.2) is 64.2 Å². The van der Waals surface area contributed by atoms with E-state index in [0.29, 0.717) is 17.9 Å². The molecule has 7 N–H and O–H groups in total. The van der Waals surface area contributed by atoms with E-state index >= 15 is 0 Å². The van der Waals surface area contributed by atoms with Gasteiger partial charge in [-0.15, -0.1) is 0 Å². The normalized spacial score (nSPS) is 27.7. The first kappa shape index (κ1) is 18.9. The zero-order chi connectivity index (χ0) is 16.9. The lowest BCUT2D eigenvalue weighted by atomic mass is 9.85. The predicted molar refractivity (Wildman–Crippen MR) is 81.7 cm³/mol. The summed E-state index contributed by atoms with van der Waals surface area (Å²) in [5, 5.41) is 24.1. The van der Waals surface area contributed by atoms with Crippen LogP contribution in [0.1, 0.15) is 26.2 Å². The lowest BCUT2D eigenvalue weighted by Crippen LogP contribution is -2.41. The second-order valence-corrected chi connectivity index (χ2v) is 6.20. The van der Waals surface area contributed by atoms with Gasteiger partial charge in [0, 0.05) is 25.6 Å². The molecule has 1 heterocycles. The number of nitrogens with two attached hydrogens (primary N) is 2. The molecule has 2 aliphatic rings. The molecule has 0 spiro atoms. The topological polar surface area (TPSA) is 150 Å². The molecule has 2 fully saturated rings. The van der Waals surface area contributed by atoms with Crippen LogP contribution in [0, 0.1) is 11.8 Å². The summed E-state index contributed by atoms with van der Waals surface area (Å²) in [5.74, 6) is 0.339. The van der Waals surface area contributed by atoms with E-state index in [1.807, 2.05) is 4.90 Å². The summed E-state index contributed by atoms with van der Waals surface area (Å²) in [6.07, 6.45) is 1.85. The maximum Gasteiger partial charge on any atom is 0.451 e. The van der Waals surface area contributed by atoms with Gasteiger partial charge in [-0.1, -0.05) is 0 Å². The molecule has 4 atom stereocenters. The van der Waals surface area contributed by atoms with Crippen molar-refractivity contribution < 1.29 is 24.7 Å². The molecule has 0 bridgehead atoms. The number of carboxylic acids is 1. The van der Waals surface area contributed by atoms with Gasteiger partial charge in [0.05, 0.1) is 6.04 Å². The molecule has 126 valence electrons. The van der Waals surface area contributed by atoms with Crippen LogP contribution in [0.4, 0.5) is 0 Å². The minimum Gasteiger partial charge on any atom is -0.481 e. The Kier molecular flexibility index (Phi) is 7.27. The molecule has 22 heavy (non-hydrogen) atoms. The molecule has 0 radical (unpaired) electrons. The molecule has 1 aliphatic heterocycles. The highest BCUT2D eigenvalue weighted by Gasteiger charge is 2.41. The molecule has 2 unspecified atom stereocenters. The van der Waals surface area contributed by atoms with Crippen LogP contribution in [0.5, 0.6) is 0 Å². The molecule has 1 amide bonds. The van der Waals surface area contributed by atoms with Crippen LogP contribution >= 0.6 is 0 Å². The fraction of sp³-hybridized carbons (Fsp3) is 0.846. The highest BCUT2D eigenvalue weighted by atomic mass is 16.4. The zero-order valence-electron chi connectivity index (χ0n) is 12.9. The number of hydrogen-bond donors (Lipinski definition) is 5. The first-order chi connectivity index (χ1) is 10.2. The van der Waals surface area contributed by atoms with E-state index in [1.54, 1.807) is 6.92 Å². The quantitative estimate of drug-likeness (QED) is 0.395. The van der Waals surface area contributed by atoms with Crippen molar-refractivity contribution in [2.24, 2.45) is 23.3 Å². The summed E-state index contributed by atoms with van der Waals surface area (Å²) in [6.45, 7) is 3.50. The van der Waals surface area contributed by atoms with Crippen molar-refractivity contribution >= 4 is 19.0 Å². The fourth-order valence-electron chi connectivity index (χ4n) is 3.07.